The number of carbonyl (C=O) groups excluding carboxylic acids is 1. The van der Waals surface area contributed by atoms with Crippen LogP contribution < -0.4 is 5.32 Å². The fourth-order valence-corrected chi connectivity index (χ4v) is 3.86. The molecule has 0 saturated heterocycles. The first-order valence-electron chi connectivity index (χ1n) is 7.31. The first kappa shape index (κ1) is 14.2. The monoisotopic (exact) mass is 297 g/mol. The molecule has 0 aliphatic carbocycles. The van der Waals surface area contributed by atoms with Gasteiger partial charge in [-0.25, -0.2) is 0 Å². The van der Waals surface area contributed by atoms with Gasteiger partial charge in [0.15, 0.2) is 0 Å². The number of benzene rings is 2. The summed E-state index contributed by atoms with van der Waals surface area (Å²) in [5, 5.41) is 3.03. The average Bonchev–Trinajstić information content (AvgIpc) is 2.90. The normalized spacial score (nSPS) is 16.6. The Morgan fingerprint density at radius 3 is 2.95 bits per heavy atom. The van der Waals surface area contributed by atoms with E-state index < -0.39 is 0 Å². The van der Waals surface area contributed by atoms with Gasteiger partial charge in [0, 0.05) is 10.6 Å². The zero-order valence-corrected chi connectivity index (χ0v) is 13.2. The van der Waals surface area contributed by atoms with Gasteiger partial charge in [0.25, 0.3) is 0 Å². The highest BCUT2D eigenvalue weighted by molar-refractivity contribution is 8.01. The lowest BCUT2D eigenvalue weighted by Crippen LogP contribution is -2.24. The van der Waals surface area contributed by atoms with Crippen LogP contribution in [-0.2, 0) is 17.6 Å². The Balaban J connectivity index is 1.70. The predicted molar refractivity (Wildman–Crippen MR) is 89.0 cm³/mol. The fraction of sp³-hybridized carbons (Fsp3) is 0.278. The second-order valence-electron chi connectivity index (χ2n) is 5.46. The average molecular weight is 297 g/mol. The highest BCUT2D eigenvalue weighted by Crippen LogP contribution is 2.38. The zero-order valence-electron chi connectivity index (χ0n) is 12.3. The second-order valence-corrected chi connectivity index (χ2v) is 6.71. The van der Waals surface area contributed by atoms with Gasteiger partial charge >= 0.3 is 0 Å². The van der Waals surface area contributed by atoms with E-state index >= 15 is 0 Å². The molecule has 3 rings (SSSR count). The summed E-state index contributed by atoms with van der Waals surface area (Å²) in [6, 6.07) is 14.5. The predicted octanol–water partition coefficient (Wildman–Crippen LogP) is 4.21. The maximum Gasteiger partial charge on any atom is 0.238 e. The summed E-state index contributed by atoms with van der Waals surface area (Å²) in [6.45, 7) is 4.21. The van der Waals surface area contributed by atoms with Crippen LogP contribution in [0.25, 0.3) is 0 Å². The number of aryl methyl sites for hydroxylation is 2. The van der Waals surface area contributed by atoms with Crippen LogP contribution in [0.3, 0.4) is 0 Å². The number of amides is 1. The van der Waals surface area contributed by atoms with Crippen LogP contribution in [-0.4, -0.2) is 11.2 Å². The van der Waals surface area contributed by atoms with Gasteiger partial charge in [0.1, 0.15) is 0 Å². The van der Waals surface area contributed by atoms with Crippen molar-refractivity contribution in [3.63, 3.8) is 0 Å². The number of hydrogen-bond donors (Lipinski definition) is 1. The lowest BCUT2D eigenvalue weighted by atomic mass is 10.1. The molecule has 1 N–H and O–H groups in total. The van der Waals surface area contributed by atoms with Crippen LogP contribution in [0.4, 0.5) is 5.69 Å². The van der Waals surface area contributed by atoms with Crippen LogP contribution in [0.1, 0.15) is 23.6 Å². The molecule has 1 aliphatic rings. The van der Waals surface area contributed by atoms with Crippen LogP contribution in [0.5, 0.6) is 0 Å². The summed E-state index contributed by atoms with van der Waals surface area (Å²) in [5.74, 6) is 0.0992. The van der Waals surface area contributed by atoms with Crippen molar-refractivity contribution in [2.75, 3.05) is 5.32 Å². The molecule has 108 valence electrons. The molecule has 2 aromatic carbocycles. The second kappa shape index (κ2) is 5.94. The van der Waals surface area contributed by atoms with E-state index in [0.717, 1.165) is 18.5 Å². The molecular formula is C18H19NOS. The SMILES string of the molecule is CCc1cccc(NC(=O)C2Cc3ccc(C)cc3S2)c1. The third kappa shape index (κ3) is 3.13. The Morgan fingerprint density at radius 1 is 1.29 bits per heavy atom. The maximum atomic E-state index is 12.4. The van der Waals surface area contributed by atoms with Crippen molar-refractivity contribution in [2.24, 2.45) is 0 Å². The lowest BCUT2D eigenvalue weighted by Gasteiger charge is -2.10. The fourth-order valence-electron chi connectivity index (χ4n) is 2.57. The number of anilines is 1. The number of thioether (sulfide) groups is 1. The largest absolute Gasteiger partial charge is 0.325 e. The highest BCUT2D eigenvalue weighted by atomic mass is 32.2. The first-order chi connectivity index (χ1) is 10.2. The van der Waals surface area contributed by atoms with Crippen molar-refractivity contribution >= 4 is 23.4 Å². The van der Waals surface area contributed by atoms with Crippen LogP contribution in [0, 0.1) is 6.92 Å². The number of fused-ring (bicyclic) bond motifs is 1. The quantitative estimate of drug-likeness (QED) is 0.919. The minimum absolute atomic E-state index is 0.0212. The maximum absolute atomic E-state index is 12.4. The Morgan fingerprint density at radius 2 is 2.14 bits per heavy atom. The van der Waals surface area contributed by atoms with Gasteiger partial charge < -0.3 is 5.32 Å². The molecular weight excluding hydrogens is 278 g/mol. The van der Waals surface area contributed by atoms with Gasteiger partial charge in [-0.15, -0.1) is 11.8 Å². The van der Waals surface area contributed by atoms with E-state index in [2.05, 4.69) is 49.5 Å². The van der Waals surface area contributed by atoms with E-state index in [9.17, 15) is 4.79 Å². The Labute approximate surface area is 130 Å². The molecule has 3 heteroatoms. The minimum Gasteiger partial charge on any atom is -0.325 e. The number of nitrogens with one attached hydrogen (secondary N) is 1. The van der Waals surface area contributed by atoms with Crippen molar-refractivity contribution < 1.29 is 4.79 Å². The molecule has 0 spiro atoms. The molecule has 1 aliphatic heterocycles. The number of carbonyl (C=O) groups is 1. The summed E-state index contributed by atoms with van der Waals surface area (Å²) < 4.78 is 0. The van der Waals surface area contributed by atoms with Gasteiger partial charge in [-0.2, -0.15) is 0 Å². The molecule has 0 bridgehead atoms. The number of rotatable bonds is 3. The molecule has 2 nitrogen and oxygen atoms in total. The summed E-state index contributed by atoms with van der Waals surface area (Å²) in [4.78, 5) is 13.7. The molecule has 1 heterocycles. The van der Waals surface area contributed by atoms with Crippen molar-refractivity contribution in [1.29, 1.82) is 0 Å². The molecule has 1 amide bonds. The molecule has 21 heavy (non-hydrogen) atoms. The van der Waals surface area contributed by atoms with E-state index in [1.165, 1.54) is 21.6 Å². The van der Waals surface area contributed by atoms with E-state index in [0.29, 0.717) is 0 Å². The molecule has 1 atom stereocenters. The topological polar surface area (TPSA) is 29.1 Å². The number of hydrogen-bond acceptors (Lipinski definition) is 2. The summed E-state index contributed by atoms with van der Waals surface area (Å²) in [5.41, 5.74) is 4.67. The standard InChI is InChI=1S/C18H19NOS/c1-3-13-5-4-6-15(10-13)19-18(20)17-11-14-8-7-12(2)9-16(14)21-17/h4-10,17H,3,11H2,1-2H3,(H,19,20). The molecule has 0 radical (unpaired) electrons. The Bertz CT molecular complexity index is 681. The van der Waals surface area contributed by atoms with Gasteiger partial charge in [0.2, 0.25) is 5.91 Å². The minimum atomic E-state index is -0.0212. The van der Waals surface area contributed by atoms with Crippen LogP contribution in [0.2, 0.25) is 0 Å². The molecule has 0 saturated carbocycles. The van der Waals surface area contributed by atoms with E-state index in [1.54, 1.807) is 11.8 Å². The van der Waals surface area contributed by atoms with Gasteiger partial charge in [-0.3, -0.25) is 4.79 Å². The first-order valence-corrected chi connectivity index (χ1v) is 8.19. The van der Waals surface area contributed by atoms with Gasteiger partial charge in [-0.1, -0.05) is 36.8 Å². The third-order valence-corrected chi connectivity index (χ3v) is 5.09. The van der Waals surface area contributed by atoms with Crippen molar-refractivity contribution in [1.82, 2.24) is 0 Å². The van der Waals surface area contributed by atoms with Gasteiger partial charge in [-0.05, 0) is 49.1 Å². The lowest BCUT2D eigenvalue weighted by molar-refractivity contribution is -0.115. The molecule has 1 unspecified atom stereocenters. The third-order valence-electron chi connectivity index (χ3n) is 3.79. The van der Waals surface area contributed by atoms with E-state index in [1.807, 2.05) is 12.1 Å². The van der Waals surface area contributed by atoms with E-state index in [-0.39, 0.29) is 11.2 Å². The van der Waals surface area contributed by atoms with Crippen molar-refractivity contribution in [2.45, 2.75) is 36.8 Å². The van der Waals surface area contributed by atoms with Crippen LogP contribution in [0.15, 0.2) is 47.4 Å². The Hall–Kier alpha value is -1.74. The van der Waals surface area contributed by atoms with Crippen molar-refractivity contribution in [3.05, 3.63) is 59.2 Å². The van der Waals surface area contributed by atoms with Gasteiger partial charge in [0.05, 0.1) is 5.25 Å². The molecule has 0 aromatic heterocycles. The summed E-state index contributed by atoms with van der Waals surface area (Å²) in [7, 11) is 0. The van der Waals surface area contributed by atoms with Crippen molar-refractivity contribution in [3.8, 4) is 0 Å². The zero-order chi connectivity index (χ0) is 14.8. The highest BCUT2D eigenvalue weighted by Gasteiger charge is 2.28. The summed E-state index contributed by atoms with van der Waals surface area (Å²) in [6.07, 6.45) is 1.80. The Kier molecular flexibility index (Phi) is 4.02. The van der Waals surface area contributed by atoms with Crippen LogP contribution >= 0.6 is 11.8 Å². The molecule has 0 fully saturated rings. The summed E-state index contributed by atoms with van der Waals surface area (Å²) >= 11 is 1.68. The molecule has 2 aromatic rings. The smallest absolute Gasteiger partial charge is 0.238 e. The van der Waals surface area contributed by atoms with E-state index in [4.69, 9.17) is 0 Å².